The summed E-state index contributed by atoms with van der Waals surface area (Å²) >= 11 is 0. The van der Waals surface area contributed by atoms with Crippen molar-refractivity contribution in [3.05, 3.63) is 18.2 Å². The molecule has 1 rings (SSSR count). The average molecular weight is 273 g/mol. The zero-order valence-corrected chi connectivity index (χ0v) is 11.9. The maximum Gasteiger partial charge on any atom is 0.240 e. The van der Waals surface area contributed by atoms with E-state index in [-0.39, 0.29) is 10.9 Å². The molecule has 1 aromatic rings. The molecule has 0 fully saturated rings. The molecule has 18 heavy (non-hydrogen) atoms. The van der Waals surface area contributed by atoms with Crippen molar-refractivity contribution in [3.8, 4) is 11.5 Å². The second-order valence-corrected chi connectivity index (χ2v) is 5.66. The number of sulfonamides is 1. The quantitative estimate of drug-likeness (QED) is 0.858. The lowest BCUT2D eigenvalue weighted by Crippen LogP contribution is -2.31. The number of hydrogen-bond acceptors (Lipinski definition) is 4. The van der Waals surface area contributed by atoms with Gasteiger partial charge in [-0.1, -0.05) is 6.92 Å². The van der Waals surface area contributed by atoms with E-state index in [4.69, 9.17) is 9.47 Å². The van der Waals surface area contributed by atoms with Gasteiger partial charge in [0.1, 0.15) is 0 Å². The SMILES string of the molecule is CC[C@H](C)NS(=O)(=O)c1ccc(OC)c(OC)c1. The Morgan fingerprint density at radius 3 is 2.33 bits per heavy atom. The summed E-state index contributed by atoms with van der Waals surface area (Å²) in [6.45, 7) is 3.74. The largest absolute Gasteiger partial charge is 0.493 e. The van der Waals surface area contributed by atoms with Crippen LogP contribution in [0, 0.1) is 0 Å². The predicted octanol–water partition coefficient (Wildman–Crippen LogP) is 1.78. The Morgan fingerprint density at radius 2 is 1.83 bits per heavy atom. The molecule has 0 saturated carbocycles. The molecule has 0 aliphatic heterocycles. The van der Waals surface area contributed by atoms with Crippen molar-refractivity contribution < 1.29 is 17.9 Å². The molecule has 0 heterocycles. The van der Waals surface area contributed by atoms with Gasteiger partial charge in [-0.05, 0) is 25.5 Å². The van der Waals surface area contributed by atoms with Crippen molar-refractivity contribution in [2.24, 2.45) is 0 Å². The summed E-state index contributed by atoms with van der Waals surface area (Å²) in [4.78, 5) is 0.167. The molecule has 0 aliphatic carbocycles. The fourth-order valence-corrected chi connectivity index (χ4v) is 2.74. The molecule has 0 aliphatic rings. The van der Waals surface area contributed by atoms with Crippen molar-refractivity contribution in [2.75, 3.05) is 14.2 Å². The van der Waals surface area contributed by atoms with Gasteiger partial charge in [0.05, 0.1) is 19.1 Å². The van der Waals surface area contributed by atoms with Crippen LogP contribution >= 0.6 is 0 Å². The summed E-state index contributed by atoms with van der Waals surface area (Å²) in [6, 6.07) is 4.41. The molecule has 0 spiro atoms. The summed E-state index contributed by atoms with van der Waals surface area (Å²) in [5.74, 6) is 0.893. The standard InChI is InChI=1S/C12H19NO4S/c1-5-9(2)13-18(14,15)10-6-7-11(16-3)12(8-10)17-4/h6-9,13H,5H2,1-4H3/t9-/m0/s1. The number of rotatable bonds is 6. The van der Waals surface area contributed by atoms with Crippen LogP contribution < -0.4 is 14.2 Å². The van der Waals surface area contributed by atoms with Crippen molar-refractivity contribution in [1.82, 2.24) is 4.72 Å². The average Bonchev–Trinajstić information content (AvgIpc) is 2.37. The molecule has 1 N–H and O–H groups in total. The van der Waals surface area contributed by atoms with E-state index in [1.807, 2.05) is 13.8 Å². The summed E-state index contributed by atoms with van der Waals surface area (Å²) < 4.78 is 36.9. The minimum absolute atomic E-state index is 0.108. The van der Waals surface area contributed by atoms with Crippen LogP contribution in [-0.4, -0.2) is 28.7 Å². The third kappa shape index (κ3) is 3.36. The van der Waals surface area contributed by atoms with E-state index >= 15 is 0 Å². The first-order chi connectivity index (χ1) is 8.44. The number of nitrogens with one attached hydrogen (secondary N) is 1. The third-order valence-electron chi connectivity index (χ3n) is 2.63. The van der Waals surface area contributed by atoms with Crippen molar-refractivity contribution in [3.63, 3.8) is 0 Å². The molecule has 0 saturated heterocycles. The van der Waals surface area contributed by atoms with E-state index in [1.165, 1.54) is 26.4 Å². The van der Waals surface area contributed by atoms with Crippen LogP contribution in [0.5, 0.6) is 11.5 Å². The fourth-order valence-electron chi connectivity index (χ4n) is 1.40. The molecular formula is C12H19NO4S. The van der Waals surface area contributed by atoms with Gasteiger partial charge in [-0.3, -0.25) is 0 Å². The van der Waals surface area contributed by atoms with Gasteiger partial charge in [0, 0.05) is 12.1 Å². The van der Waals surface area contributed by atoms with E-state index in [2.05, 4.69) is 4.72 Å². The summed E-state index contributed by atoms with van der Waals surface area (Å²) in [5, 5.41) is 0. The van der Waals surface area contributed by atoms with E-state index in [0.717, 1.165) is 6.42 Å². The Labute approximate surface area is 108 Å². The first kappa shape index (κ1) is 14.8. The first-order valence-electron chi connectivity index (χ1n) is 5.69. The van der Waals surface area contributed by atoms with Crippen LogP contribution in [0.2, 0.25) is 0 Å². The second kappa shape index (κ2) is 6.06. The fraction of sp³-hybridized carbons (Fsp3) is 0.500. The van der Waals surface area contributed by atoms with Gasteiger partial charge in [0.25, 0.3) is 0 Å². The molecule has 0 radical (unpaired) electrons. The second-order valence-electron chi connectivity index (χ2n) is 3.95. The Balaban J connectivity index is 3.10. The van der Waals surface area contributed by atoms with Crippen molar-refractivity contribution in [2.45, 2.75) is 31.2 Å². The molecule has 102 valence electrons. The summed E-state index contributed by atoms with van der Waals surface area (Å²) in [7, 11) is -0.543. The molecule has 1 atom stereocenters. The summed E-state index contributed by atoms with van der Waals surface area (Å²) in [5.41, 5.74) is 0. The molecule has 5 nitrogen and oxygen atoms in total. The number of methoxy groups -OCH3 is 2. The Hall–Kier alpha value is -1.27. The van der Waals surface area contributed by atoms with Crippen LogP contribution in [0.15, 0.2) is 23.1 Å². The minimum Gasteiger partial charge on any atom is -0.493 e. The molecule has 0 aromatic heterocycles. The normalized spacial score (nSPS) is 13.1. The molecule has 0 amide bonds. The zero-order chi connectivity index (χ0) is 13.8. The molecule has 6 heteroatoms. The van der Waals surface area contributed by atoms with Gasteiger partial charge in [0.2, 0.25) is 10.0 Å². The van der Waals surface area contributed by atoms with Gasteiger partial charge in [-0.15, -0.1) is 0 Å². The highest BCUT2D eigenvalue weighted by molar-refractivity contribution is 7.89. The lowest BCUT2D eigenvalue weighted by Gasteiger charge is -2.14. The Morgan fingerprint density at radius 1 is 1.22 bits per heavy atom. The van der Waals surface area contributed by atoms with Gasteiger partial charge >= 0.3 is 0 Å². The first-order valence-corrected chi connectivity index (χ1v) is 7.17. The lowest BCUT2D eigenvalue weighted by molar-refractivity contribution is 0.354. The van der Waals surface area contributed by atoms with Gasteiger partial charge < -0.3 is 9.47 Å². The molecule has 1 aromatic carbocycles. The Bertz CT molecular complexity index is 499. The number of benzene rings is 1. The maximum atomic E-state index is 12.1. The Kier molecular flexibility index (Phi) is 4.98. The highest BCUT2D eigenvalue weighted by Crippen LogP contribution is 2.29. The minimum atomic E-state index is -3.51. The van der Waals surface area contributed by atoms with Gasteiger partial charge in [-0.2, -0.15) is 0 Å². The van der Waals surface area contributed by atoms with Gasteiger partial charge in [-0.25, -0.2) is 13.1 Å². The van der Waals surface area contributed by atoms with Crippen LogP contribution in [0.4, 0.5) is 0 Å². The van der Waals surface area contributed by atoms with E-state index < -0.39 is 10.0 Å². The summed E-state index contributed by atoms with van der Waals surface area (Å²) in [6.07, 6.45) is 0.729. The van der Waals surface area contributed by atoms with Gasteiger partial charge in [0.15, 0.2) is 11.5 Å². The third-order valence-corrected chi connectivity index (χ3v) is 4.22. The zero-order valence-electron chi connectivity index (χ0n) is 11.1. The van der Waals surface area contributed by atoms with Crippen LogP contribution in [0.1, 0.15) is 20.3 Å². The van der Waals surface area contributed by atoms with Crippen molar-refractivity contribution in [1.29, 1.82) is 0 Å². The predicted molar refractivity (Wildman–Crippen MR) is 69.6 cm³/mol. The molecule has 0 bridgehead atoms. The number of hydrogen-bond donors (Lipinski definition) is 1. The van der Waals surface area contributed by atoms with E-state index in [0.29, 0.717) is 11.5 Å². The number of ether oxygens (including phenoxy) is 2. The van der Waals surface area contributed by atoms with E-state index in [9.17, 15) is 8.42 Å². The van der Waals surface area contributed by atoms with E-state index in [1.54, 1.807) is 6.07 Å². The highest BCUT2D eigenvalue weighted by atomic mass is 32.2. The van der Waals surface area contributed by atoms with Crippen LogP contribution in [0.3, 0.4) is 0 Å². The van der Waals surface area contributed by atoms with Crippen LogP contribution in [-0.2, 0) is 10.0 Å². The monoisotopic (exact) mass is 273 g/mol. The maximum absolute atomic E-state index is 12.1. The molecular weight excluding hydrogens is 254 g/mol. The smallest absolute Gasteiger partial charge is 0.240 e. The topological polar surface area (TPSA) is 64.6 Å². The lowest BCUT2D eigenvalue weighted by atomic mass is 10.3. The van der Waals surface area contributed by atoms with Crippen LogP contribution in [0.25, 0.3) is 0 Å². The highest BCUT2D eigenvalue weighted by Gasteiger charge is 2.18. The van der Waals surface area contributed by atoms with Crippen molar-refractivity contribution >= 4 is 10.0 Å². The molecule has 0 unspecified atom stereocenters.